The lowest BCUT2D eigenvalue weighted by molar-refractivity contribution is -0.139. The van der Waals surface area contributed by atoms with Gasteiger partial charge in [0.25, 0.3) is 5.56 Å². The van der Waals surface area contributed by atoms with Gasteiger partial charge in [-0.15, -0.1) is 0 Å². The standard InChI is InChI=1S/C21H29N3O4S/c1-12(21-8-13-3-14(9-21)5-15(4-13)10-21)22-18(26)11-29-20-23-16(6-17(25)24-20)7-19(27)28-2/h6,12-15H,3-5,7-11H2,1-2H3,(H,22,26)(H,23,24,25)/t12-,13?,14?,15?,21?/m0/s1. The van der Waals surface area contributed by atoms with Crippen LogP contribution in [0.4, 0.5) is 0 Å². The zero-order chi connectivity index (χ0) is 20.6. The van der Waals surface area contributed by atoms with Crippen molar-refractivity contribution in [3.8, 4) is 0 Å². The Bertz CT molecular complexity index is 817. The maximum Gasteiger partial charge on any atom is 0.311 e. The summed E-state index contributed by atoms with van der Waals surface area (Å²) in [5, 5.41) is 3.57. The first kappa shape index (κ1) is 20.4. The highest BCUT2D eigenvalue weighted by Gasteiger charge is 2.53. The predicted octanol–water partition coefficient (Wildman–Crippen LogP) is 2.30. The van der Waals surface area contributed by atoms with Crippen LogP contribution in [0.25, 0.3) is 0 Å². The van der Waals surface area contributed by atoms with Gasteiger partial charge in [-0.3, -0.25) is 14.4 Å². The Morgan fingerprint density at radius 1 is 1.28 bits per heavy atom. The van der Waals surface area contributed by atoms with E-state index in [1.807, 2.05) is 0 Å². The average molecular weight is 420 g/mol. The van der Waals surface area contributed by atoms with Crippen LogP contribution in [0.1, 0.15) is 51.1 Å². The molecule has 0 radical (unpaired) electrons. The molecule has 0 aliphatic heterocycles. The normalized spacial score (nSPS) is 30.8. The Labute approximate surface area is 174 Å². The average Bonchev–Trinajstić information content (AvgIpc) is 2.64. The van der Waals surface area contributed by atoms with Gasteiger partial charge in [0, 0.05) is 12.1 Å². The number of aromatic amines is 1. The van der Waals surface area contributed by atoms with Crippen LogP contribution >= 0.6 is 11.8 Å². The second kappa shape index (κ2) is 8.13. The Balaban J connectivity index is 1.33. The van der Waals surface area contributed by atoms with Crippen molar-refractivity contribution in [2.45, 2.75) is 63.1 Å². The summed E-state index contributed by atoms with van der Waals surface area (Å²) >= 11 is 1.18. The van der Waals surface area contributed by atoms with Crippen LogP contribution in [-0.2, 0) is 20.7 Å². The Morgan fingerprint density at radius 3 is 2.48 bits per heavy atom. The van der Waals surface area contributed by atoms with Gasteiger partial charge in [-0.05, 0) is 68.6 Å². The number of H-pyrrole nitrogens is 1. The second-order valence-electron chi connectivity index (χ2n) is 9.15. The quantitative estimate of drug-likeness (QED) is 0.400. The first-order valence-corrected chi connectivity index (χ1v) is 11.4. The fraction of sp³-hybridized carbons (Fsp3) is 0.714. The third-order valence-electron chi connectivity index (χ3n) is 7.05. The van der Waals surface area contributed by atoms with Crippen LogP contribution < -0.4 is 10.9 Å². The van der Waals surface area contributed by atoms with E-state index in [4.69, 9.17) is 0 Å². The van der Waals surface area contributed by atoms with Gasteiger partial charge in [0.05, 0.1) is 25.0 Å². The van der Waals surface area contributed by atoms with Crippen molar-refractivity contribution in [2.24, 2.45) is 23.2 Å². The molecule has 1 heterocycles. The SMILES string of the molecule is COC(=O)Cc1cc(=O)[nH]c(SCC(=O)N[C@@H](C)C23CC4CC(CC(C4)C2)C3)n1. The molecule has 1 amide bonds. The van der Waals surface area contributed by atoms with Gasteiger partial charge in [-0.1, -0.05) is 11.8 Å². The van der Waals surface area contributed by atoms with Gasteiger partial charge in [0.15, 0.2) is 5.16 Å². The van der Waals surface area contributed by atoms with Crippen molar-refractivity contribution < 1.29 is 14.3 Å². The van der Waals surface area contributed by atoms with Crippen LogP contribution in [0.5, 0.6) is 0 Å². The fourth-order valence-corrected chi connectivity index (χ4v) is 6.85. The van der Waals surface area contributed by atoms with Crippen molar-refractivity contribution in [1.29, 1.82) is 0 Å². The van der Waals surface area contributed by atoms with E-state index in [1.54, 1.807) is 0 Å². The number of ether oxygens (including phenoxy) is 1. The molecule has 0 unspecified atom stereocenters. The van der Waals surface area contributed by atoms with Crippen LogP contribution in [0.15, 0.2) is 16.0 Å². The van der Waals surface area contributed by atoms with E-state index >= 15 is 0 Å². The summed E-state index contributed by atoms with van der Waals surface area (Å²) < 4.78 is 4.61. The molecule has 5 rings (SSSR count). The van der Waals surface area contributed by atoms with Gasteiger partial charge in [0.1, 0.15) is 0 Å². The summed E-state index contributed by atoms with van der Waals surface area (Å²) in [7, 11) is 1.29. The molecule has 4 saturated carbocycles. The summed E-state index contributed by atoms with van der Waals surface area (Å²) in [4.78, 5) is 42.7. The van der Waals surface area contributed by atoms with Crippen molar-refractivity contribution in [1.82, 2.24) is 15.3 Å². The largest absolute Gasteiger partial charge is 0.469 e. The lowest BCUT2D eigenvalue weighted by atomic mass is 9.48. The Kier molecular flexibility index (Phi) is 5.73. The van der Waals surface area contributed by atoms with E-state index in [9.17, 15) is 14.4 Å². The molecule has 1 aromatic heterocycles. The third-order valence-corrected chi connectivity index (χ3v) is 7.92. The number of hydrogen-bond acceptors (Lipinski definition) is 6. The maximum atomic E-state index is 12.6. The maximum absolute atomic E-state index is 12.6. The van der Waals surface area contributed by atoms with E-state index in [2.05, 4.69) is 26.9 Å². The van der Waals surface area contributed by atoms with E-state index in [0.29, 0.717) is 10.9 Å². The van der Waals surface area contributed by atoms with Gasteiger partial charge >= 0.3 is 5.97 Å². The molecule has 0 aromatic carbocycles. The second-order valence-corrected chi connectivity index (χ2v) is 10.1. The van der Waals surface area contributed by atoms with Crippen molar-refractivity contribution in [2.75, 3.05) is 12.9 Å². The van der Waals surface area contributed by atoms with E-state index in [-0.39, 0.29) is 35.1 Å². The minimum Gasteiger partial charge on any atom is -0.469 e. The highest BCUT2D eigenvalue weighted by molar-refractivity contribution is 7.99. The molecular formula is C21H29N3O4S. The van der Waals surface area contributed by atoms with E-state index in [0.717, 1.165) is 17.8 Å². The Morgan fingerprint density at radius 2 is 1.90 bits per heavy atom. The van der Waals surface area contributed by atoms with Gasteiger partial charge in [-0.25, -0.2) is 4.98 Å². The molecule has 0 spiro atoms. The first-order valence-electron chi connectivity index (χ1n) is 10.4. The van der Waals surface area contributed by atoms with Crippen molar-refractivity contribution in [3.05, 3.63) is 22.1 Å². The number of carbonyl (C=O) groups excluding carboxylic acids is 2. The topological polar surface area (TPSA) is 101 Å². The number of hydrogen-bond donors (Lipinski definition) is 2. The number of rotatable bonds is 7. The number of aromatic nitrogens is 2. The molecule has 4 bridgehead atoms. The summed E-state index contributed by atoms with van der Waals surface area (Å²) in [6.07, 6.45) is 7.83. The highest BCUT2D eigenvalue weighted by atomic mass is 32.2. The van der Waals surface area contributed by atoms with Crippen LogP contribution in [-0.4, -0.2) is 40.7 Å². The van der Waals surface area contributed by atoms with Gasteiger partial charge < -0.3 is 15.0 Å². The Hall–Kier alpha value is -1.83. The molecule has 0 saturated heterocycles. The summed E-state index contributed by atoms with van der Waals surface area (Å²) in [5.41, 5.74) is 0.261. The summed E-state index contributed by atoms with van der Waals surface area (Å²) in [5.74, 6) is 2.23. The number of amides is 1. The van der Waals surface area contributed by atoms with Gasteiger partial charge in [0.2, 0.25) is 5.91 Å². The fourth-order valence-electron chi connectivity index (χ4n) is 6.14. The number of nitrogens with one attached hydrogen (secondary N) is 2. The monoisotopic (exact) mass is 419 g/mol. The van der Waals surface area contributed by atoms with Crippen LogP contribution in [0.2, 0.25) is 0 Å². The minimum atomic E-state index is -0.457. The molecule has 1 atom stereocenters. The predicted molar refractivity (Wildman–Crippen MR) is 110 cm³/mol. The molecule has 4 fully saturated rings. The number of esters is 1. The molecule has 158 valence electrons. The zero-order valence-electron chi connectivity index (χ0n) is 17.0. The zero-order valence-corrected chi connectivity index (χ0v) is 17.8. The molecule has 29 heavy (non-hydrogen) atoms. The van der Waals surface area contributed by atoms with Crippen LogP contribution in [0, 0.1) is 23.2 Å². The van der Waals surface area contributed by atoms with E-state index < -0.39 is 5.97 Å². The molecular weight excluding hydrogens is 390 g/mol. The number of carbonyl (C=O) groups is 2. The molecule has 8 heteroatoms. The summed E-state index contributed by atoms with van der Waals surface area (Å²) in [6, 6.07) is 1.44. The lowest BCUT2D eigenvalue weighted by Gasteiger charge is -2.59. The van der Waals surface area contributed by atoms with Crippen LogP contribution in [0.3, 0.4) is 0 Å². The molecule has 1 aromatic rings. The highest BCUT2D eigenvalue weighted by Crippen LogP contribution is 2.61. The lowest BCUT2D eigenvalue weighted by Crippen LogP contribution is -2.56. The van der Waals surface area contributed by atoms with Gasteiger partial charge in [-0.2, -0.15) is 0 Å². The smallest absolute Gasteiger partial charge is 0.311 e. The molecule has 2 N–H and O–H groups in total. The first-order chi connectivity index (χ1) is 13.8. The summed E-state index contributed by atoms with van der Waals surface area (Å²) in [6.45, 7) is 2.16. The van der Waals surface area contributed by atoms with Crippen molar-refractivity contribution >= 4 is 23.6 Å². The minimum absolute atomic E-state index is 0.0423. The number of nitrogens with zero attached hydrogens (tertiary/aromatic N) is 1. The number of thioether (sulfide) groups is 1. The third kappa shape index (κ3) is 4.52. The molecule has 4 aliphatic rings. The molecule has 4 aliphatic carbocycles. The number of methoxy groups -OCH3 is 1. The van der Waals surface area contributed by atoms with Crippen molar-refractivity contribution in [3.63, 3.8) is 0 Å². The molecule has 7 nitrogen and oxygen atoms in total. The van der Waals surface area contributed by atoms with E-state index in [1.165, 1.54) is 63.5 Å².